The van der Waals surface area contributed by atoms with E-state index < -0.39 is 17.7 Å². The lowest BCUT2D eigenvalue weighted by Crippen LogP contribution is -2.17. The molecule has 1 aromatic heterocycles. The van der Waals surface area contributed by atoms with Crippen LogP contribution < -0.4 is 4.74 Å². The number of rotatable bonds is 5. The molecule has 1 unspecified atom stereocenters. The number of aromatic nitrogens is 1. The molecule has 0 aliphatic carbocycles. The van der Waals surface area contributed by atoms with E-state index in [2.05, 4.69) is 4.98 Å². The fourth-order valence-corrected chi connectivity index (χ4v) is 1.87. The SMILES string of the molecule is OCC(COc1ccccc1C(F)(F)F)c1ccccn1. The van der Waals surface area contributed by atoms with Crippen LogP contribution in [0.5, 0.6) is 5.75 Å². The van der Waals surface area contributed by atoms with Crippen molar-refractivity contribution in [1.29, 1.82) is 0 Å². The van der Waals surface area contributed by atoms with Crippen molar-refractivity contribution >= 4 is 0 Å². The van der Waals surface area contributed by atoms with Crippen molar-refractivity contribution in [2.75, 3.05) is 13.2 Å². The maximum atomic E-state index is 12.8. The van der Waals surface area contributed by atoms with Gasteiger partial charge >= 0.3 is 6.18 Å². The van der Waals surface area contributed by atoms with Crippen LogP contribution in [0.2, 0.25) is 0 Å². The first kappa shape index (κ1) is 15.3. The van der Waals surface area contributed by atoms with E-state index in [1.54, 1.807) is 24.4 Å². The zero-order valence-corrected chi connectivity index (χ0v) is 11.0. The van der Waals surface area contributed by atoms with E-state index in [-0.39, 0.29) is 19.0 Å². The van der Waals surface area contributed by atoms with Gasteiger partial charge in [-0.25, -0.2) is 0 Å². The molecule has 0 amide bonds. The maximum absolute atomic E-state index is 12.8. The van der Waals surface area contributed by atoms with Crippen molar-refractivity contribution in [2.24, 2.45) is 0 Å². The van der Waals surface area contributed by atoms with Crippen LogP contribution >= 0.6 is 0 Å². The van der Waals surface area contributed by atoms with Gasteiger partial charge < -0.3 is 9.84 Å². The Kier molecular flexibility index (Phi) is 4.80. The second-order valence-electron chi connectivity index (χ2n) is 4.44. The Morgan fingerprint density at radius 3 is 2.43 bits per heavy atom. The Balaban J connectivity index is 2.13. The first-order valence-corrected chi connectivity index (χ1v) is 6.33. The zero-order valence-electron chi connectivity index (χ0n) is 11.0. The Bertz CT molecular complexity index is 573. The van der Waals surface area contributed by atoms with E-state index in [0.29, 0.717) is 5.69 Å². The summed E-state index contributed by atoms with van der Waals surface area (Å²) in [5.74, 6) is -0.730. The summed E-state index contributed by atoms with van der Waals surface area (Å²) in [4.78, 5) is 4.07. The lowest BCUT2D eigenvalue weighted by atomic mass is 10.1. The minimum atomic E-state index is -4.48. The number of hydrogen-bond donors (Lipinski definition) is 1. The summed E-state index contributed by atoms with van der Waals surface area (Å²) in [5, 5.41) is 9.34. The molecule has 21 heavy (non-hydrogen) atoms. The maximum Gasteiger partial charge on any atom is 0.419 e. The molecule has 0 aliphatic heterocycles. The van der Waals surface area contributed by atoms with Crippen LogP contribution in [-0.4, -0.2) is 23.3 Å². The first-order chi connectivity index (χ1) is 10.0. The zero-order chi connectivity index (χ0) is 15.3. The van der Waals surface area contributed by atoms with Crippen LogP contribution in [0, 0.1) is 0 Å². The number of benzene rings is 1. The van der Waals surface area contributed by atoms with E-state index in [1.165, 1.54) is 18.2 Å². The van der Waals surface area contributed by atoms with E-state index >= 15 is 0 Å². The van der Waals surface area contributed by atoms with Gasteiger partial charge in [0.05, 0.1) is 24.7 Å². The average Bonchev–Trinajstić information content (AvgIpc) is 2.48. The number of pyridine rings is 1. The van der Waals surface area contributed by atoms with Crippen LogP contribution in [-0.2, 0) is 6.18 Å². The molecule has 0 aliphatic rings. The molecule has 3 nitrogen and oxygen atoms in total. The number of alkyl halides is 3. The van der Waals surface area contributed by atoms with Crippen LogP contribution in [0.25, 0.3) is 0 Å². The molecular formula is C15H14F3NO2. The minimum Gasteiger partial charge on any atom is -0.492 e. The number of hydrogen-bond acceptors (Lipinski definition) is 3. The normalized spacial score (nSPS) is 13.0. The Hall–Kier alpha value is -2.08. The summed E-state index contributed by atoms with van der Waals surface area (Å²) in [6.45, 7) is -0.341. The minimum absolute atomic E-state index is 0.0827. The summed E-state index contributed by atoms with van der Waals surface area (Å²) in [7, 11) is 0. The van der Waals surface area contributed by atoms with E-state index in [0.717, 1.165) is 6.07 Å². The quantitative estimate of drug-likeness (QED) is 0.921. The highest BCUT2D eigenvalue weighted by molar-refractivity contribution is 5.35. The summed E-state index contributed by atoms with van der Waals surface area (Å²) in [5.41, 5.74) is -0.257. The van der Waals surface area contributed by atoms with Gasteiger partial charge in [-0.3, -0.25) is 4.98 Å². The number of aliphatic hydroxyl groups excluding tert-OH is 1. The largest absolute Gasteiger partial charge is 0.492 e. The third-order valence-corrected chi connectivity index (χ3v) is 2.96. The summed E-state index contributed by atoms with van der Waals surface area (Å²) in [6, 6.07) is 10.2. The summed E-state index contributed by atoms with van der Waals surface area (Å²) >= 11 is 0. The average molecular weight is 297 g/mol. The van der Waals surface area contributed by atoms with Gasteiger partial charge in [-0.15, -0.1) is 0 Å². The highest BCUT2D eigenvalue weighted by Crippen LogP contribution is 2.36. The van der Waals surface area contributed by atoms with Gasteiger partial charge in [-0.2, -0.15) is 13.2 Å². The topological polar surface area (TPSA) is 42.4 Å². The van der Waals surface area contributed by atoms with Gasteiger partial charge in [-0.05, 0) is 24.3 Å². The lowest BCUT2D eigenvalue weighted by Gasteiger charge is -2.17. The van der Waals surface area contributed by atoms with Crippen molar-refractivity contribution in [2.45, 2.75) is 12.1 Å². The standard InChI is InChI=1S/C15H14F3NO2/c16-15(17,18)12-5-1-2-7-14(12)21-10-11(9-20)13-6-3-4-8-19-13/h1-8,11,20H,9-10H2. The third kappa shape index (κ3) is 3.95. The van der Waals surface area contributed by atoms with Gasteiger partial charge in [-0.1, -0.05) is 18.2 Å². The molecule has 2 rings (SSSR count). The number of ether oxygens (including phenoxy) is 1. The van der Waals surface area contributed by atoms with Gasteiger partial charge in [0.2, 0.25) is 0 Å². The number of para-hydroxylation sites is 1. The lowest BCUT2D eigenvalue weighted by molar-refractivity contribution is -0.139. The Morgan fingerprint density at radius 2 is 1.81 bits per heavy atom. The van der Waals surface area contributed by atoms with Crippen LogP contribution in [0.3, 0.4) is 0 Å². The van der Waals surface area contributed by atoms with Gasteiger partial charge in [0.1, 0.15) is 5.75 Å². The Labute approximate surface area is 120 Å². The second kappa shape index (κ2) is 6.58. The first-order valence-electron chi connectivity index (χ1n) is 6.33. The number of aliphatic hydroxyl groups is 1. The fourth-order valence-electron chi connectivity index (χ4n) is 1.87. The van der Waals surface area contributed by atoms with Crippen molar-refractivity contribution in [3.05, 3.63) is 59.9 Å². The Morgan fingerprint density at radius 1 is 1.10 bits per heavy atom. The highest BCUT2D eigenvalue weighted by atomic mass is 19.4. The van der Waals surface area contributed by atoms with Gasteiger partial charge in [0.15, 0.2) is 0 Å². The highest BCUT2D eigenvalue weighted by Gasteiger charge is 2.34. The van der Waals surface area contributed by atoms with Gasteiger partial charge in [0.25, 0.3) is 0 Å². The molecule has 1 heterocycles. The second-order valence-corrected chi connectivity index (χ2v) is 4.44. The number of halogens is 3. The van der Waals surface area contributed by atoms with Crippen molar-refractivity contribution < 1.29 is 23.0 Å². The fraction of sp³-hybridized carbons (Fsp3) is 0.267. The third-order valence-electron chi connectivity index (χ3n) is 2.96. The van der Waals surface area contributed by atoms with Crippen LogP contribution in [0.1, 0.15) is 17.2 Å². The molecule has 6 heteroatoms. The van der Waals surface area contributed by atoms with Crippen molar-refractivity contribution in [3.8, 4) is 5.75 Å². The van der Waals surface area contributed by atoms with Crippen molar-refractivity contribution in [3.63, 3.8) is 0 Å². The molecule has 2 aromatic rings. The van der Waals surface area contributed by atoms with E-state index in [4.69, 9.17) is 4.74 Å². The molecule has 0 saturated carbocycles. The number of nitrogens with zero attached hydrogens (tertiary/aromatic N) is 1. The molecule has 0 radical (unpaired) electrons. The molecule has 1 aromatic carbocycles. The van der Waals surface area contributed by atoms with Crippen LogP contribution in [0.15, 0.2) is 48.7 Å². The van der Waals surface area contributed by atoms with Crippen molar-refractivity contribution in [1.82, 2.24) is 4.98 Å². The predicted molar refractivity (Wildman–Crippen MR) is 71.0 cm³/mol. The molecule has 0 saturated heterocycles. The summed E-state index contributed by atoms with van der Waals surface area (Å²) in [6.07, 6.45) is -2.92. The molecule has 1 atom stereocenters. The molecule has 112 valence electrons. The molecule has 0 fully saturated rings. The van der Waals surface area contributed by atoms with E-state index in [1.807, 2.05) is 0 Å². The van der Waals surface area contributed by atoms with E-state index in [9.17, 15) is 18.3 Å². The molecule has 0 spiro atoms. The predicted octanol–water partition coefficient (Wildman–Crippen LogP) is 3.26. The monoisotopic (exact) mass is 297 g/mol. The van der Waals surface area contributed by atoms with Gasteiger partial charge in [0, 0.05) is 11.9 Å². The molecular weight excluding hydrogens is 283 g/mol. The smallest absolute Gasteiger partial charge is 0.419 e. The van der Waals surface area contributed by atoms with Crippen LogP contribution in [0.4, 0.5) is 13.2 Å². The summed E-state index contributed by atoms with van der Waals surface area (Å²) < 4.78 is 43.8. The molecule has 1 N–H and O–H groups in total. The molecule has 0 bridgehead atoms.